The number of rotatable bonds is 7. The Balaban J connectivity index is 1.63. The number of benzene rings is 2. The van der Waals surface area contributed by atoms with Crippen LogP contribution in [0, 0.1) is 6.92 Å². The zero-order valence-corrected chi connectivity index (χ0v) is 19.4. The number of carbonyl (C=O) groups excluding carboxylic acids is 2. The van der Waals surface area contributed by atoms with Gasteiger partial charge in [-0.2, -0.15) is 4.31 Å². The molecule has 0 radical (unpaired) electrons. The maximum absolute atomic E-state index is 12.9. The number of hydrogen-bond donors (Lipinski definition) is 1. The lowest BCUT2D eigenvalue weighted by Gasteiger charge is -2.34. The first-order valence-electron chi connectivity index (χ1n) is 10.5. The molecule has 0 saturated carbocycles. The Bertz CT molecular complexity index is 1040. The van der Waals surface area contributed by atoms with E-state index in [0.29, 0.717) is 18.8 Å². The molecule has 9 heteroatoms. The van der Waals surface area contributed by atoms with E-state index in [9.17, 15) is 18.0 Å². The van der Waals surface area contributed by atoms with Crippen molar-refractivity contribution in [2.75, 3.05) is 33.3 Å². The highest BCUT2D eigenvalue weighted by molar-refractivity contribution is 7.89. The van der Waals surface area contributed by atoms with Crippen molar-refractivity contribution in [3.05, 3.63) is 59.7 Å². The summed E-state index contributed by atoms with van der Waals surface area (Å²) in [5.41, 5.74) is 1.95. The number of nitrogens with one attached hydrogen (secondary N) is 1. The van der Waals surface area contributed by atoms with Gasteiger partial charge in [0.25, 0.3) is 0 Å². The number of sulfonamides is 1. The Morgan fingerprint density at radius 3 is 2.12 bits per heavy atom. The zero-order valence-electron chi connectivity index (χ0n) is 18.6. The maximum Gasteiger partial charge on any atom is 0.243 e. The largest absolute Gasteiger partial charge is 0.497 e. The molecule has 1 saturated heterocycles. The minimum absolute atomic E-state index is 0.119. The second-order valence-corrected chi connectivity index (χ2v) is 9.77. The number of hydrogen-bond acceptors (Lipinski definition) is 5. The van der Waals surface area contributed by atoms with Gasteiger partial charge in [-0.25, -0.2) is 8.42 Å². The average Bonchev–Trinajstić information content (AvgIpc) is 2.79. The third kappa shape index (κ3) is 5.66. The minimum Gasteiger partial charge on any atom is -0.497 e. The Morgan fingerprint density at radius 1 is 1.00 bits per heavy atom. The van der Waals surface area contributed by atoms with Crippen LogP contribution in [-0.4, -0.2) is 62.7 Å². The number of ether oxygens (including phenoxy) is 1. The molecule has 1 aliphatic rings. The van der Waals surface area contributed by atoms with Gasteiger partial charge in [-0.15, -0.1) is 0 Å². The summed E-state index contributed by atoms with van der Waals surface area (Å²) in [5.74, 6) is 0.256. The van der Waals surface area contributed by atoms with E-state index in [4.69, 9.17) is 4.74 Å². The van der Waals surface area contributed by atoms with Gasteiger partial charge in [0.15, 0.2) is 0 Å². The van der Waals surface area contributed by atoms with Gasteiger partial charge in [-0.05, 0) is 36.8 Å². The molecular formula is C23H29N3O5S. The Labute approximate surface area is 189 Å². The lowest BCUT2D eigenvalue weighted by atomic mass is 10.0. The molecule has 3 rings (SSSR count). The molecule has 0 bridgehead atoms. The van der Waals surface area contributed by atoms with E-state index in [1.54, 1.807) is 17.0 Å². The first kappa shape index (κ1) is 23.7. The lowest BCUT2D eigenvalue weighted by molar-refractivity contribution is -0.133. The van der Waals surface area contributed by atoms with Crippen LogP contribution in [0.1, 0.15) is 30.5 Å². The first-order valence-corrected chi connectivity index (χ1v) is 11.9. The van der Waals surface area contributed by atoms with Crippen molar-refractivity contribution in [3.63, 3.8) is 0 Å². The summed E-state index contributed by atoms with van der Waals surface area (Å²) in [6.07, 6.45) is 0.119. The fraction of sp³-hybridized carbons (Fsp3) is 0.391. The molecule has 2 amide bonds. The maximum atomic E-state index is 12.9. The van der Waals surface area contributed by atoms with Crippen LogP contribution in [-0.2, 0) is 19.6 Å². The van der Waals surface area contributed by atoms with Crippen LogP contribution in [0.5, 0.6) is 5.75 Å². The predicted molar refractivity (Wildman–Crippen MR) is 121 cm³/mol. The molecule has 1 atom stereocenters. The van der Waals surface area contributed by atoms with Crippen molar-refractivity contribution in [1.29, 1.82) is 0 Å². The summed E-state index contributed by atoms with van der Waals surface area (Å²) < 4.78 is 32.3. The number of aryl methyl sites for hydroxylation is 1. The standard InChI is InChI=1S/C23H29N3O5S/c1-17-4-6-19(7-5-17)22(24-18(2)27)16-23(28)25-12-14-26(15-13-25)32(29,30)21-10-8-20(31-3)9-11-21/h4-11,22H,12-16H2,1-3H3,(H,24,27). The summed E-state index contributed by atoms with van der Waals surface area (Å²) in [7, 11) is -2.12. The third-order valence-corrected chi connectivity index (χ3v) is 7.44. The lowest BCUT2D eigenvalue weighted by Crippen LogP contribution is -2.51. The van der Waals surface area contributed by atoms with Gasteiger partial charge in [0.1, 0.15) is 5.75 Å². The first-order chi connectivity index (χ1) is 15.2. The SMILES string of the molecule is COc1ccc(S(=O)(=O)N2CCN(C(=O)CC(NC(C)=O)c3ccc(C)cc3)CC2)cc1. The minimum atomic E-state index is -3.64. The Morgan fingerprint density at radius 2 is 1.59 bits per heavy atom. The van der Waals surface area contributed by atoms with Crippen molar-refractivity contribution in [2.24, 2.45) is 0 Å². The highest BCUT2D eigenvalue weighted by Crippen LogP contribution is 2.22. The molecule has 172 valence electrons. The van der Waals surface area contributed by atoms with Gasteiger partial charge in [-0.3, -0.25) is 9.59 Å². The van der Waals surface area contributed by atoms with Gasteiger partial charge in [0.05, 0.1) is 24.5 Å². The molecule has 0 aromatic heterocycles. The van der Waals surface area contributed by atoms with Gasteiger partial charge in [0.2, 0.25) is 21.8 Å². The van der Waals surface area contributed by atoms with E-state index < -0.39 is 16.1 Å². The predicted octanol–water partition coefficient (Wildman–Crippen LogP) is 2.10. The summed E-state index contributed by atoms with van der Waals surface area (Å²) in [5, 5.41) is 2.85. The average molecular weight is 460 g/mol. The molecular weight excluding hydrogens is 430 g/mol. The van der Waals surface area contributed by atoms with Crippen LogP contribution in [0.3, 0.4) is 0 Å². The number of nitrogens with zero attached hydrogens (tertiary/aromatic N) is 2. The Kier molecular flexibility index (Phi) is 7.52. The molecule has 0 aliphatic carbocycles. The monoisotopic (exact) mass is 459 g/mol. The normalized spacial score (nSPS) is 15.8. The van der Waals surface area contributed by atoms with Crippen LogP contribution in [0.25, 0.3) is 0 Å². The summed E-state index contributed by atoms with van der Waals surface area (Å²) >= 11 is 0. The highest BCUT2D eigenvalue weighted by Gasteiger charge is 2.31. The fourth-order valence-corrected chi connectivity index (χ4v) is 5.10. The van der Waals surface area contributed by atoms with Gasteiger partial charge >= 0.3 is 0 Å². The molecule has 2 aromatic rings. The molecule has 1 N–H and O–H groups in total. The molecule has 1 fully saturated rings. The highest BCUT2D eigenvalue weighted by atomic mass is 32.2. The molecule has 1 unspecified atom stereocenters. The van der Waals surface area contributed by atoms with Crippen molar-refractivity contribution >= 4 is 21.8 Å². The quantitative estimate of drug-likeness (QED) is 0.684. The molecule has 8 nitrogen and oxygen atoms in total. The van der Waals surface area contributed by atoms with E-state index in [1.165, 1.54) is 30.5 Å². The third-order valence-electron chi connectivity index (χ3n) is 5.52. The van der Waals surface area contributed by atoms with Gasteiger partial charge < -0.3 is 15.0 Å². The smallest absolute Gasteiger partial charge is 0.243 e. The van der Waals surface area contributed by atoms with Crippen molar-refractivity contribution in [3.8, 4) is 5.75 Å². The number of amides is 2. The molecule has 0 spiro atoms. The number of carbonyl (C=O) groups is 2. The van der Waals surface area contributed by atoms with E-state index in [-0.39, 0.29) is 36.2 Å². The second-order valence-electron chi connectivity index (χ2n) is 7.83. The van der Waals surface area contributed by atoms with E-state index >= 15 is 0 Å². The molecule has 2 aromatic carbocycles. The van der Waals surface area contributed by atoms with Crippen molar-refractivity contribution in [2.45, 2.75) is 31.2 Å². The fourth-order valence-electron chi connectivity index (χ4n) is 3.67. The summed E-state index contributed by atoms with van der Waals surface area (Å²) in [6, 6.07) is 13.5. The molecule has 1 aliphatic heterocycles. The van der Waals surface area contributed by atoms with Gasteiger partial charge in [0, 0.05) is 33.1 Å². The van der Waals surface area contributed by atoms with Crippen LogP contribution in [0.2, 0.25) is 0 Å². The van der Waals surface area contributed by atoms with Crippen molar-refractivity contribution < 1.29 is 22.7 Å². The topological polar surface area (TPSA) is 96.0 Å². The van der Waals surface area contributed by atoms with E-state index in [1.807, 2.05) is 31.2 Å². The summed E-state index contributed by atoms with van der Waals surface area (Å²) in [4.78, 5) is 26.4. The van der Waals surface area contributed by atoms with Crippen LogP contribution in [0.15, 0.2) is 53.4 Å². The zero-order chi connectivity index (χ0) is 23.3. The molecule has 1 heterocycles. The van der Waals surface area contributed by atoms with Crippen molar-refractivity contribution in [1.82, 2.24) is 14.5 Å². The molecule has 32 heavy (non-hydrogen) atoms. The van der Waals surface area contributed by atoms with E-state index in [2.05, 4.69) is 5.32 Å². The van der Waals surface area contributed by atoms with Gasteiger partial charge in [-0.1, -0.05) is 29.8 Å². The van der Waals surface area contributed by atoms with Crippen LogP contribution >= 0.6 is 0 Å². The van der Waals surface area contributed by atoms with E-state index in [0.717, 1.165) is 11.1 Å². The van der Waals surface area contributed by atoms with Crippen LogP contribution < -0.4 is 10.1 Å². The van der Waals surface area contributed by atoms with Crippen LogP contribution in [0.4, 0.5) is 0 Å². The second kappa shape index (κ2) is 10.1. The number of methoxy groups -OCH3 is 1. The Hall–Kier alpha value is -2.91. The summed E-state index contributed by atoms with van der Waals surface area (Å²) in [6.45, 7) is 4.44. The number of piperazine rings is 1.